The van der Waals surface area contributed by atoms with Gasteiger partial charge in [0.25, 0.3) is 0 Å². The Bertz CT molecular complexity index is 492. The number of hydrogen-bond donors (Lipinski definition) is 1. The summed E-state index contributed by atoms with van der Waals surface area (Å²) < 4.78 is 0. The van der Waals surface area contributed by atoms with E-state index in [4.69, 9.17) is 0 Å². The van der Waals surface area contributed by atoms with E-state index in [0.29, 0.717) is 11.8 Å². The van der Waals surface area contributed by atoms with E-state index in [-0.39, 0.29) is 10.8 Å². The van der Waals surface area contributed by atoms with Gasteiger partial charge in [-0.3, -0.25) is 0 Å². The molecule has 106 valence electrons. The van der Waals surface area contributed by atoms with Crippen LogP contribution in [0.2, 0.25) is 0 Å². The molecular formula is C18H28O. The van der Waals surface area contributed by atoms with E-state index in [0.717, 1.165) is 12.8 Å². The van der Waals surface area contributed by atoms with Gasteiger partial charge in [-0.2, -0.15) is 0 Å². The highest BCUT2D eigenvalue weighted by molar-refractivity contribution is 5.38. The van der Waals surface area contributed by atoms with Gasteiger partial charge in [-0.1, -0.05) is 43.6 Å². The van der Waals surface area contributed by atoms with Crippen molar-refractivity contribution in [3.63, 3.8) is 0 Å². The standard InChI is InChI=1S/C18H28O/c1-11(2)13-10-17(6)14-9-15(13)16(4,5)18(17,19)8-7-12(14)3/h7,14-15,19H,8-10H2,1-6H3/t14-,15-,17-,18-/m0/s1. The van der Waals surface area contributed by atoms with Crippen LogP contribution in [0.15, 0.2) is 22.8 Å². The second-order valence-electron chi connectivity index (χ2n) is 8.19. The summed E-state index contributed by atoms with van der Waals surface area (Å²) >= 11 is 0. The van der Waals surface area contributed by atoms with Gasteiger partial charge in [0.1, 0.15) is 0 Å². The summed E-state index contributed by atoms with van der Waals surface area (Å²) in [6.07, 6.45) is 5.47. The van der Waals surface area contributed by atoms with Crippen LogP contribution in [0.5, 0.6) is 0 Å². The maximum atomic E-state index is 11.5. The van der Waals surface area contributed by atoms with Crippen molar-refractivity contribution in [2.45, 2.75) is 66.4 Å². The fourth-order valence-corrected chi connectivity index (χ4v) is 5.63. The lowest BCUT2D eigenvalue weighted by Crippen LogP contribution is -2.70. The molecule has 0 unspecified atom stereocenters. The SMILES string of the molecule is CC1=CC[C@]2(O)C(C)(C)[C@H]3C[C@@H]1[C@]2(C)CC3=C(C)C. The molecule has 3 saturated carbocycles. The van der Waals surface area contributed by atoms with E-state index >= 15 is 0 Å². The van der Waals surface area contributed by atoms with Crippen LogP contribution in [-0.2, 0) is 0 Å². The van der Waals surface area contributed by atoms with E-state index in [1.54, 1.807) is 5.57 Å². The summed E-state index contributed by atoms with van der Waals surface area (Å²) in [5, 5.41) is 11.5. The highest BCUT2D eigenvalue weighted by Gasteiger charge is 2.70. The van der Waals surface area contributed by atoms with E-state index < -0.39 is 5.60 Å². The van der Waals surface area contributed by atoms with Crippen molar-refractivity contribution in [2.75, 3.05) is 0 Å². The van der Waals surface area contributed by atoms with Gasteiger partial charge in [0.2, 0.25) is 0 Å². The Morgan fingerprint density at radius 3 is 2.42 bits per heavy atom. The minimum absolute atomic E-state index is 0.0136. The van der Waals surface area contributed by atoms with Gasteiger partial charge in [0.05, 0.1) is 5.60 Å². The molecule has 4 atom stereocenters. The van der Waals surface area contributed by atoms with E-state index in [2.05, 4.69) is 47.6 Å². The highest BCUT2D eigenvalue weighted by Crippen LogP contribution is 2.72. The molecule has 19 heavy (non-hydrogen) atoms. The lowest BCUT2D eigenvalue weighted by molar-refractivity contribution is -0.242. The molecule has 0 saturated heterocycles. The van der Waals surface area contributed by atoms with Crippen LogP contribution in [0, 0.1) is 22.7 Å². The monoisotopic (exact) mass is 260 g/mol. The van der Waals surface area contributed by atoms with Crippen LogP contribution in [0.4, 0.5) is 0 Å². The van der Waals surface area contributed by atoms with Crippen molar-refractivity contribution in [3.05, 3.63) is 22.8 Å². The van der Waals surface area contributed by atoms with Crippen molar-refractivity contribution in [1.29, 1.82) is 0 Å². The number of aliphatic hydroxyl groups is 1. The van der Waals surface area contributed by atoms with Crippen molar-refractivity contribution in [3.8, 4) is 0 Å². The highest BCUT2D eigenvalue weighted by atomic mass is 16.3. The van der Waals surface area contributed by atoms with Crippen LogP contribution in [0.1, 0.15) is 60.8 Å². The Hall–Kier alpha value is -0.560. The van der Waals surface area contributed by atoms with Crippen LogP contribution in [-0.4, -0.2) is 10.7 Å². The molecule has 0 aromatic heterocycles. The van der Waals surface area contributed by atoms with Gasteiger partial charge in [-0.15, -0.1) is 0 Å². The van der Waals surface area contributed by atoms with Crippen LogP contribution in [0.25, 0.3) is 0 Å². The Morgan fingerprint density at radius 2 is 1.84 bits per heavy atom. The second-order valence-corrected chi connectivity index (χ2v) is 8.19. The Kier molecular flexibility index (Phi) is 2.51. The number of rotatable bonds is 0. The summed E-state index contributed by atoms with van der Waals surface area (Å²) in [5.74, 6) is 1.13. The smallest absolute Gasteiger partial charge is 0.0800 e. The fraction of sp³-hybridized carbons (Fsp3) is 0.778. The molecule has 3 fully saturated rings. The minimum atomic E-state index is -0.536. The lowest BCUT2D eigenvalue weighted by atomic mass is 9.36. The van der Waals surface area contributed by atoms with Gasteiger partial charge in [-0.05, 0) is 51.9 Å². The van der Waals surface area contributed by atoms with Crippen LogP contribution < -0.4 is 0 Å². The minimum Gasteiger partial charge on any atom is -0.388 e. The molecule has 0 spiro atoms. The third-order valence-electron chi connectivity index (χ3n) is 7.01. The third kappa shape index (κ3) is 1.31. The molecule has 1 nitrogen and oxygen atoms in total. The Balaban J connectivity index is 2.24. The van der Waals surface area contributed by atoms with Gasteiger partial charge >= 0.3 is 0 Å². The van der Waals surface area contributed by atoms with E-state index in [9.17, 15) is 5.11 Å². The number of hydrogen-bond acceptors (Lipinski definition) is 1. The Morgan fingerprint density at radius 1 is 1.21 bits per heavy atom. The molecule has 0 radical (unpaired) electrons. The van der Waals surface area contributed by atoms with Crippen LogP contribution in [0.3, 0.4) is 0 Å². The van der Waals surface area contributed by atoms with Crippen molar-refractivity contribution in [1.82, 2.24) is 0 Å². The molecule has 0 aromatic carbocycles. The third-order valence-corrected chi connectivity index (χ3v) is 7.01. The van der Waals surface area contributed by atoms with E-state index in [1.165, 1.54) is 17.6 Å². The number of allylic oxidation sites excluding steroid dienone is 3. The van der Waals surface area contributed by atoms with Crippen molar-refractivity contribution in [2.24, 2.45) is 22.7 Å². The normalized spacial score (nSPS) is 47.1. The van der Waals surface area contributed by atoms with Crippen molar-refractivity contribution < 1.29 is 5.11 Å². The Labute approximate surface area is 117 Å². The maximum Gasteiger partial charge on any atom is 0.0800 e. The maximum absolute atomic E-state index is 11.5. The second kappa shape index (κ2) is 3.55. The van der Waals surface area contributed by atoms with Gasteiger partial charge in [-0.25, -0.2) is 0 Å². The molecule has 0 aliphatic heterocycles. The largest absolute Gasteiger partial charge is 0.388 e. The summed E-state index contributed by atoms with van der Waals surface area (Å²) in [6.45, 7) is 13.7. The molecule has 0 aromatic rings. The molecular weight excluding hydrogens is 232 g/mol. The first-order chi connectivity index (χ1) is 8.65. The zero-order chi connectivity index (χ0) is 14.2. The average molecular weight is 260 g/mol. The first-order valence-electron chi connectivity index (χ1n) is 7.70. The zero-order valence-corrected chi connectivity index (χ0v) is 13.3. The first kappa shape index (κ1) is 13.4. The summed E-state index contributed by atoms with van der Waals surface area (Å²) in [7, 11) is 0. The topological polar surface area (TPSA) is 20.2 Å². The average Bonchev–Trinajstić information content (AvgIpc) is 2.31. The van der Waals surface area contributed by atoms with Gasteiger partial charge in [0.15, 0.2) is 0 Å². The molecule has 4 bridgehead atoms. The lowest BCUT2D eigenvalue weighted by Gasteiger charge is -2.70. The molecule has 4 aliphatic carbocycles. The summed E-state index contributed by atoms with van der Waals surface area (Å²) in [6, 6.07) is 0. The molecule has 1 N–H and O–H groups in total. The van der Waals surface area contributed by atoms with Gasteiger partial charge < -0.3 is 5.11 Å². The molecule has 1 heteroatoms. The first-order valence-corrected chi connectivity index (χ1v) is 7.70. The molecule has 4 rings (SSSR count). The predicted molar refractivity (Wildman–Crippen MR) is 79.8 cm³/mol. The van der Waals surface area contributed by atoms with Gasteiger partial charge in [0, 0.05) is 10.8 Å². The van der Waals surface area contributed by atoms with E-state index in [1.807, 2.05) is 0 Å². The quantitative estimate of drug-likeness (QED) is 0.637. The summed E-state index contributed by atoms with van der Waals surface area (Å²) in [5.41, 5.74) is 4.10. The van der Waals surface area contributed by atoms with Crippen molar-refractivity contribution >= 4 is 0 Å². The predicted octanol–water partition coefficient (Wildman–Crippen LogP) is 4.48. The zero-order valence-electron chi connectivity index (χ0n) is 13.3. The molecule has 0 amide bonds. The van der Waals surface area contributed by atoms with Crippen LogP contribution >= 0.6 is 0 Å². The fourth-order valence-electron chi connectivity index (χ4n) is 5.63. The molecule has 4 aliphatic rings. The summed E-state index contributed by atoms with van der Waals surface area (Å²) in [4.78, 5) is 0. The molecule has 0 heterocycles. The number of fused-ring (bicyclic) bond motifs is 1.